The van der Waals surface area contributed by atoms with E-state index in [1.165, 1.54) is 7.11 Å². The number of ether oxygens (including phenoxy) is 1. The van der Waals surface area contributed by atoms with E-state index in [0.717, 1.165) is 22.7 Å². The number of nitrogens with zero attached hydrogens (tertiary/aromatic N) is 4. The minimum Gasteiger partial charge on any atom is -0.468 e. The van der Waals surface area contributed by atoms with Crippen LogP contribution in [0.4, 0.5) is 5.82 Å². The topological polar surface area (TPSA) is 94.0 Å². The smallest absolute Gasteiger partial charge is 0.322 e. The summed E-state index contributed by atoms with van der Waals surface area (Å²) >= 11 is 0. The fourth-order valence-corrected chi connectivity index (χ4v) is 2.83. The van der Waals surface area contributed by atoms with Crippen LogP contribution in [0.5, 0.6) is 0 Å². The predicted octanol–water partition coefficient (Wildman–Crippen LogP) is 0.976. The maximum atomic E-state index is 11.7. The Morgan fingerprint density at radius 3 is 2.83 bits per heavy atom. The summed E-state index contributed by atoms with van der Waals surface area (Å²) in [7, 11) is 3.28. The van der Waals surface area contributed by atoms with Crippen molar-refractivity contribution in [3.63, 3.8) is 0 Å². The van der Waals surface area contributed by atoms with Crippen LogP contribution in [0.15, 0.2) is 6.20 Å². The van der Waals surface area contributed by atoms with Crippen LogP contribution in [0.2, 0.25) is 0 Å². The number of carbonyl (C=O) groups excluding carboxylic acids is 1. The molecule has 1 aliphatic rings. The van der Waals surface area contributed by atoms with Crippen molar-refractivity contribution in [3.05, 3.63) is 12.0 Å². The molecule has 0 aromatic carbocycles. The molecule has 3 rings (SSSR count). The van der Waals surface area contributed by atoms with E-state index in [1.54, 1.807) is 10.9 Å². The lowest BCUT2D eigenvalue weighted by Crippen LogP contribution is -2.31. The number of hydrogen-bond acceptors (Lipinski definition) is 7. The minimum absolute atomic E-state index is 0.0974. The summed E-state index contributed by atoms with van der Waals surface area (Å²) in [4.78, 5) is 21.0. The molecule has 8 nitrogen and oxygen atoms in total. The number of aromatic nitrogens is 4. The van der Waals surface area contributed by atoms with Gasteiger partial charge < -0.3 is 15.4 Å². The molecule has 2 atom stereocenters. The zero-order chi connectivity index (χ0) is 17.5. The summed E-state index contributed by atoms with van der Waals surface area (Å²) in [6.45, 7) is 6.92. The second-order valence-electron chi connectivity index (χ2n) is 7.21. The highest BCUT2D eigenvalue weighted by Gasteiger charge is 2.31. The van der Waals surface area contributed by atoms with Crippen LogP contribution in [-0.4, -0.2) is 51.5 Å². The number of esters is 1. The van der Waals surface area contributed by atoms with Crippen molar-refractivity contribution in [1.29, 1.82) is 0 Å². The van der Waals surface area contributed by atoms with Crippen molar-refractivity contribution < 1.29 is 9.53 Å². The Balaban J connectivity index is 1.90. The number of hydrogen-bond donors (Lipinski definition) is 2. The maximum absolute atomic E-state index is 11.7. The van der Waals surface area contributed by atoms with Crippen molar-refractivity contribution in [2.45, 2.75) is 44.7 Å². The fourth-order valence-electron chi connectivity index (χ4n) is 2.83. The minimum atomic E-state index is -0.277. The van der Waals surface area contributed by atoms with E-state index in [0.29, 0.717) is 13.0 Å². The first-order valence-electron chi connectivity index (χ1n) is 8.07. The maximum Gasteiger partial charge on any atom is 0.322 e. The molecule has 0 bridgehead atoms. The lowest BCUT2D eigenvalue weighted by molar-refractivity contribution is -0.142. The highest BCUT2D eigenvalue weighted by atomic mass is 16.5. The van der Waals surface area contributed by atoms with Gasteiger partial charge in [0.1, 0.15) is 17.7 Å². The number of rotatable bonds is 3. The standard InChI is InChI=1S/C16H24N6O2/c1-16(2,3)15-20-12(10-8-18-22(4)13(10)21-15)19-9-6-11(17-7-9)14(23)24-5/h8-9,11,17H,6-7H2,1-5H3,(H,19,20,21)/t9-,11+/m1/s1. The number of aryl methyl sites for hydroxylation is 1. The third-order valence-electron chi connectivity index (χ3n) is 4.22. The molecule has 2 aromatic heterocycles. The van der Waals surface area contributed by atoms with Crippen LogP contribution >= 0.6 is 0 Å². The number of methoxy groups -OCH3 is 1. The quantitative estimate of drug-likeness (QED) is 0.809. The second kappa shape index (κ2) is 6.01. The Bertz CT molecular complexity index is 764. The monoisotopic (exact) mass is 332 g/mol. The molecule has 0 saturated carbocycles. The van der Waals surface area contributed by atoms with Crippen molar-refractivity contribution in [2.75, 3.05) is 19.0 Å². The number of fused-ring (bicyclic) bond motifs is 1. The lowest BCUT2D eigenvalue weighted by atomic mass is 9.95. The van der Waals surface area contributed by atoms with Crippen LogP contribution in [0, 0.1) is 0 Å². The molecular weight excluding hydrogens is 308 g/mol. The molecular formula is C16H24N6O2. The molecule has 1 saturated heterocycles. The van der Waals surface area contributed by atoms with Gasteiger partial charge in [0.25, 0.3) is 0 Å². The van der Waals surface area contributed by atoms with Gasteiger partial charge in [-0.05, 0) is 6.42 Å². The fraction of sp³-hybridized carbons (Fsp3) is 0.625. The summed E-state index contributed by atoms with van der Waals surface area (Å²) in [6.07, 6.45) is 2.42. The van der Waals surface area contributed by atoms with Crippen molar-refractivity contribution in [1.82, 2.24) is 25.1 Å². The van der Waals surface area contributed by atoms with Crippen molar-refractivity contribution in [3.8, 4) is 0 Å². The molecule has 1 aliphatic heterocycles. The molecule has 2 aromatic rings. The normalized spacial score (nSPS) is 21.2. The molecule has 1 fully saturated rings. The molecule has 0 spiro atoms. The van der Waals surface area contributed by atoms with Gasteiger partial charge in [0, 0.05) is 25.0 Å². The van der Waals surface area contributed by atoms with Gasteiger partial charge in [-0.25, -0.2) is 9.97 Å². The SMILES string of the molecule is COC(=O)[C@@H]1C[C@@H](Nc2nc(C(C)(C)C)nc3c2cnn3C)CN1. The van der Waals surface area contributed by atoms with Gasteiger partial charge in [0.2, 0.25) is 0 Å². The van der Waals surface area contributed by atoms with E-state index < -0.39 is 0 Å². The van der Waals surface area contributed by atoms with Crippen LogP contribution < -0.4 is 10.6 Å². The van der Waals surface area contributed by atoms with E-state index in [-0.39, 0.29) is 23.5 Å². The van der Waals surface area contributed by atoms with Gasteiger partial charge in [-0.3, -0.25) is 9.48 Å². The van der Waals surface area contributed by atoms with E-state index in [4.69, 9.17) is 9.72 Å². The number of anilines is 1. The highest BCUT2D eigenvalue weighted by Crippen LogP contribution is 2.27. The first kappa shape index (κ1) is 16.6. The first-order valence-corrected chi connectivity index (χ1v) is 8.07. The summed E-state index contributed by atoms with van der Waals surface area (Å²) in [5.41, 5.74) is 0.630. The second-order valence-corrected chi connectivity index (χ2v) is 7.21. The average Bonchev–Trinajstić information content (AvgIpc) is 3.13. The molecule has 0 unspecified atom stereocenters. The van der Waals surface area contributed by atoms with E-state index in [2.05, 4.69) is 41.5 Å². The Hall–Kier alpha value is -2.22. The third kappa shape index (κ3) is 3.06. The summed E-state index contributed by atoms with van der Waals surface area (Å²) < 4.78 is 6.55. The zero-order valence-electron chi connectivity index (χ0n) is 14.8. The number of carbonyl (C=O) groups is 1. The molecule has 2 N–H and O–H groups in total. The number of nitrogens with one attached hydrogen (secondary N) is 2. The average molecular weight is 332 g/mol. The van der Waals surface area contributed by atoms with E-state index in [9.17, 15) is 4.79 Å². The van der Waals surface area contributed by atoms with E-state index in [1.807, 2.05) is 7.05 Å². The van der Waals surface area contributed by atoms with Gasteiger partial charge in [0.05, 0.1) is 18.7 Å². The largest absolute Gasteiger partial charge is 0.468 e. The van der Waals surface area contributed by atoms with Crippen molar-refractivity contribution in [2.24, 2.45) is 7.05 Å². The van der Waals surface area contributed by atoms with Gasteiger partial charge in [-0.1, -0.05) is 20.8 Å². The molecule has 0 aliphatic carbocycles. The summed E-state index contributed by atoms with van der Waals surface area (Å²) in [5.74, 6) is 1.29. The van der Waals surface area contributed by atoms with Gasteiger partial charge in [0.15, 0.2) is 5.65 Å². The molecule has 0 amide bonds. The van der Waals surface area contributed by atoms with Crippen molar-refractivity contribution >= 4 is 22.8 Å². The van der Waals surface area contributed by atoms with Gasteiger partial charge in [-0.2, -0.15) is 5.10 Å². The Morgan fingerprint density at radius 2 is 2.17 bits per heavy atom. The highest BCUT2D eigenvalue weighted by molar-refractivity contribution is 5.86. The molecule has 8 heteroatoms. The lowest BCUT2D eigenvalue weighted by Gasteiger charge is -2.19. The molecule has 3 heterocycles. The Morgan fingerprint density at radius 1 is 1.42 bits per heavy atom. The van der Waals surface area contributed by atoms with Gasteiger partial charge >= 0.3 is 5.97 Å². The summed E-state index contributed by atoms with van der Waals surface area (Å²) in [5, 5.41) is 11.8. The Kier molecular flexibility index (Phi) is 4.16. The first-order chi connectivity index (χ1) is 11.3. The molecule has 24 heavy (non-hydrogen) atoms. The van der Waals surface area contributed by atoms with Crippen LogP contribution in [-0.2, 0) is 22.0 Å². The molecule has 0 radical (unpaired) electrons. The van der Waals surface area contributed by atoms with Crippen LogP contribution in [0.1, 0.15) is 33.0 Å². The van der Waals surface area contributed by atoms with E-state index >= 15 is 0 Å². The van der Waals surface area contributed by atoms with Crippen LogP contribution in [0.3, 0.4) is 0 Å². The van der Waals surface area contributed by atoms with Gasteiger partial charge in [-0.15, -0.1) is 0 Å². The zero-order valence-corrected chi connectivity index (χ0v) is 14.8. The molecule has 130 valence electrons. The summed E-state index contributed by atoms with van der Waals surface area (Å²) in [6, 6.07) is -0.180. The predicted molar refractivity (Wildman–Crippen MR) is 90.8 cm³/mol. The van der Waals surface area contributed by atoms with Crippen LogP contribution in [0.25, 0.3) is 11.0 Å². The third-order valence-corrected chi connectivity index (χ3v) is 4.22. The Labute approximate surface area is 141 Å².